The van der Waals surface area contributed by atoms with Crippen molar-refractivity contribution in [3.63, 3.8) is 0 Å². The van der Waals surface area contributed by atoms with Gasteiger partial charge in [0, 0.05) is 6.42 Å². The number of nitrogens with zero attached hydrogens (tertiary/aromatic N) is 1. The summed E-state index contributed by atoms with van der Waals surface area (Å²) in [6.07, 6.45) is 45.6. The maximum Gasteiger partial charge on any atom is 0.472 e. The summed E-state index contributed by atoms with van der Waals surface area (Å²) in [5.74, 6) is -0.156. The molecule has 3 atom stereocenters. The first kappa shape index (κ1) is 52.5. The summed E-state index contributed by atoms with van der Waals surface area (Å²) in [6, 6.07) is -0.764. The Bertz CT molecular complexity index is 1020. The fourth-order valence-electron chi connectivity index (χ4n) is 6.09. The predicted molar refractivity (Wildman–Crippen MR) is 231 cm³/mol. The number of carbonyl (C=O) groups is 1. The van der Waals surface area contributed by atoms with Gasteiger partial charge < -0.3 is 19.8 Å². The molecule has 0 spiro atoms. The van der Waals surface area contributed by atoms with Gasteiger partial charge in [0.15, 0.2) is 0 Å². The van der Waals surface area contributed by atoms with Crippen molar-refractivity contribution < 1.29 is 32.9 Å². The minimum Gasteiger partial charge on any atom is -0.391 e. The van der Waals surface area contributed by atoms with Crippen LogP contribution >= 0.6 is 7.82 Å². The van der Waals surface area contributed by atoms with Gasteiger partial charge in [0.25, 0.3) is 0 Å². The molecule has 0 aliphatic rings. The maximum absolute atomic E-state index is 12.9. The van der Waals surface area contributed by atoms with E-state index in [1.54, 1.807) is 0 Å². The number of aliphatic hydroxyl groups excluding tert-OH is 1. The number of carbonyl (C=O) groups excluding carboxylic acids is 1. The Morgan fingerprint density at radius 1 is 0.648 bits per heavy atom. The van der Waals surface area contributed by atoms with Crippen molar-refractivity contribution in [1.82, 2.24) is 5.32 Å². The van der Waals surface area contributed by atoms with E-state index >= 15 is 0 Å². The Balaban J connectivity index is 4.32. The maximum atomic E-state index is 12.9. The van der Waals surface area contributed by atoms with Crippen LogP contribution in [-0.2, 0) is 18.4 Å². The van der Waals surface area contributed by atoms with Gasteiger partial charge in [-0.15, -0.1) is 0 Å². The summed E-state index contributed by atoms with van der Waals surface area (Å²) in [5, 5.41) is 13.9. The van der Waals surface area contributed by atoms with E-state index in [9.17, 15) is 19.4 Å². The minimum absolute atomic E-state index is 0.0711. The Labute approximate surface area is 333 Å². The van der Waals surface area contributed by atoms with Crippen LogP contribution in [0, 0.1) is 0 Å². The quantitative estimate of drug-likeness (QED) is 0.0248. The SMILES string of the molecule is CC/C=C\C/C=C\C/C=C\C/C=C\CCCCCCCCCCC(=O)NC(COP(=O)(O)OCC[N+](C)(C)C)C(O)CCCCCCCCCCCCC. The van der Waals surface area contributed by atoms with Gasteiger partial charge in [-0.3, -0.25) is 13.8 Å². The van der Waals surface area contributed by atoms with Gasteiger partial charge in [0.05, 0.1) is 39.9 Å². The van der Waals surface area contributed by atoms with Gasteiger partial charge in [-0.25, -0.2) is 4.57 Å². The van der Waals surface area contributed by atoms with Gasteiger partial charge in [-0.1, -0.05) is 172 Å². The molecule has 0 heterocycles. The predicted octanol–water partition coefficient (Wildman–Crippen LogP) is 12.1. The molecular weight excluding hydrogens is 695 g/mol. The number of aliphatic hydroxyl groups is 1. The first-order chi connectivity index (χ1) is 26.0. The first-order valence-corrected chi connectivity index (χ1v) is 23.5. The van der Waals surface area contributed by atoms with Crippen LogP contribution in [0.1, 0.15) is 181 Å². The van der Waals surface area contributed by atoms with Crippen LogP contribution in [0.5, 0.6) is 0 Å². The van der Waals surface area contributed by atoms with Gasteiger partial charge in [-0.05, 0) is 51.4 Å². The molecule has 1 amide bonds. The smallest absolute Gasteiger partial charge is 0.391 e. The second-order valence-corrected chi connectivity index (χ2v) is 17.5. The van der Waals surface area contributed by atoms with E-state index in [4.69, 9.17) is 9.05 Å². The van der Waals surface area contributed by atoms with Gasteiger partial charge in [-0.2, -0.15) is 0 Å². The Morgan fingerprint density at radius 3 is 1.63 bits per heavy atom. The zero-order valence-corrected chi connectivity index (χ0v) is 36.6. The van der Waals surface area contributed by atoms with Crippen molar-refractivity contribution in [2.45, 2.75) is 193 Å². The Kier molecular flexibility index (Phi) is 36.0. The highest BCUT2D eigenvalue weighted by molar-refractivity contribution is 7.47. The van der Waals surface area contributed by atoms with Crippen molar-refractivity contribution in [2.75, 3.05) is 40.9 Å². The number of nitrogens with one attached hydrogen (secondary N) is 1. The largest absolute Gasteiger partial charge is 0.472 e. The molecule has 316 valence electrons. The average Bonchev–Trinajstić information content (AvgIpc) is 3.12. The lowest BCUT2D eigenvalue weighted by Crippen LogP contribution is -2.46. The van der Waals surface area contributed by atoms with Gasteiger partial charge >= 0.3 is 7.82 Å². The lowest BCUT2D eigenvalue weighted by molar-refractivity contribution is -0.870. The third kappa shape index (κ3) is 38.7. The van der Waals surface area contributed by atoms with Crippen molar-refractivity contribution in [1.29, 1.82) is 0 Å². The number of amides is 1. The van der Waals surface area contributed by atoms with E-state index in [1.807, 2.05) is 21.1 Å². The number of phosphoric ester groups is 1. The number of hydrogen-bond donors (Lipinski definition) is 3. The number of rotatable bonds is 39. The van der Waals surface area contributed by atoms with E-state index in [1.165, 1.54) is 83.5 Å². The normalized spacial score (nSPS) is 14.9. The number of phosphoric acid groups is 1. The zero-order valence-electron chi connectivity index (χ0n) is 35.7. The number of likely N-dealkylation sites (N-methyl/N-ethyl adjacent to an activating group) is 1. The van der Waals surface area contributed by atoms with Crippen LogP contribution in [0.2, 0.25) is 0 Å². The van der Waals surface area contributed by atoms with Crippen LogP contribution < -0.4 is 5.32 Å². The molecule has 3 N–H and O–H groups in total. The molecule has 0 rings (SSSR count). The molecule has 0 saturated heterocycles. The van der Waals surface area contributed by atoms with Crippen molar-refractivity contribution in [2.24, 2.45) is 0 Å². The lowest BCUT2D eigenvalue weighted by atomic mass is 10.0. The van der Waals surface area contributed by atoms with E-state index in [0.29, 0.717) is 23.9 Å². The molecule has 54 heavy (non-hydrogen) atoms. The van der Waals surface area contributed by atoms with Crippen molar-refractivity contribution in [3.05, 3.63) is 48.6 Å². The molecular formula is C45H86N2O6P+. The lowest BCUT2D eigenvalue weighted by Gasteiger charge is -2.26. The highest BCUT2D eigenvalue weighted by Crippen LogP contribution is 2.43. The number of hydrogen-bond acceptors (Lipinski definition) is 5. The molecule has 0 aromatic heterocycles. The molecule has 0 fully saturated rings. The van der Waals surface area contributed by atoms with Gasteiger partial charge in [0.1, 0.15) is 13.2 Å². The Morgan fingerprint density at radius 2 is 1.11 bits per heavy atom. The average molecular weight is 782 g/mol. The molecule has 0 radical (unpaired) electrons. The topological polar surface area (TPSA) is 105 Å². The number of unbranched alkanes of at least 4 members (excludes halogenated alkanes) is 18. The fourth-order valence-corrected chi connectivity index (χ4v) is 6.83. The molecule has 0 aromatic carbocycles. The highest BCUT2D eigenvalue weighted by atomic mass is 31.2. The second kappa shape index (κ2) is 37.1. The van der Waals surface area contributed by atoms with E-state index in [0.717, 1.165) is 70.6 Å². The van der Waals surface area contributed by atoms with Crippen molar-refractivity contribution in [3.8, 4) is 0 Å². The molecule has 0 aliphatic heterocycles. The van der Waals surface area contributed by atoms with E-state index < -0.39 is 20.0 Å². The van der Waals surface area contributed by atoms with Crippen LogP contribution in [0.3, 0.4) is 0 Å². The first-order valence-electron chi connectivity index (χ1n) is 22.0. The van der Waals surface area contributed by atoms with Crippen molar-refractivity contribution >= 4 is 13.7 Å². The van der Waals surface area contributed by atoms with E-state index in [2.05, 4.69) is 67.8 Å². The van der Waals surface area contributed by atoms with Crippen LogP contribution in [-0.4, -0.2) is 73.4 Å². The Hall–Kier alpha value is -1.54. The molecule has 0 aliphatic carbocycles. The summed E-state index contributed by atoms with van der Waals surface area (Å²) in [7, 11) is 1.60. The molecule has 0 bridgehead atoms. The molecule has 8 nitrogen and oxygen atoms in total. The van der Waals surface area contributed by atoms with Gasteiger partial charge in [0.2, 0.25) is 5.91 Å². The standard InChI is InChI=1S/C45H85N2O6P/c1-6-8-10-12-14-16-18-19-20-21-22-23-24-25-26-27-29-31-33-35-37-39-45(49)46-43(42-53-54(50,51)52-41-40-47(3,4)5)44(48)38-36-34-32-30-28-17-15-13-11-9-7-2/h8,10,14,16,19-20,22-23,43-44,48H,6-7,9,11-13,15,17-18,21,24-42H2,1-5H3,(H-,46,49,50,51)/p+1/b10-8-,16-14-,20-19-,23-22-. The summed E-state index contributed by atoms with van der Waals surface area (Å²) in [6.45, 7) is 4.74. The minimum atomic E-state index is -4.31. The van der Waals surface area contributed by atoms with E-state index in [-0.39, 0.29) is 19.1 Å². The number of allylic oxidation sites excluding steroid dienone is 8. The third-order valence-electron chi connectivity index (χ3n) is 9.59. The third-order valence-corrected chi connectivity index (χ3v) is 10.6. The molecule has 0 saturated carbocycles. The summed E-state index contributed by atoms with van der Waals surface area (Å²) in [4.78, 5) is 23.1. The zero-order chi connectivity index (χ0) is 40.0. The molecule has 9 heteroatoms. The highest BCUT2D eigenvalue weighted by Gasteiger charge is 2.28. The fraction of sp³-hybridized carbons (Fsp3) is 0.800. The number of quaternary nitrogens is 1. The van der Waals surface area contributed by atoms with Crippen LogP contribution in [0.15, 0.2) is 48.6 Å². The summed E-state index contributed by atoms with van der Waals surface area (Å²) >= 11 is 0. The van der Waals surface area contributed by atoms with Crippen LogP contribution in [0.4, 0.5) is 0 Å². The monoisotopic (exact) mass is 782 g/mol. The summed E-state index contributed by atoms with van der Waals surface area (Å²) in [5.41, 5.74) is 0. The molecule has 0 aromatic rings. The molecule has 3 unspecified atom stereocenters. The second-order valence-electron chi connectivity index (χ2n) is 16.0. The summed E-state index contributed by atoms with van der Waals surface area (Å²) < 4.78 is 23.6. The van der Waals surface area contributed by atoms with Crippen LogP contribution in [0.25, 0.3) is 0 Å².